The first kappa shape index (κ1) is 7.19. The molecule has 0 aliphatic heterocycles. The number of Topliss-reactive ketones (excluding diaryl/α,β-unsaturated/α-hetero) is 1. The fourth-order valence-corrected chi connectivity index (χ4v) is 0.243. The van der Waals surface area contributed by atoms with Gasteiger partial charge < -0.3 is 5.11 Å². The molecule has 0 fully saturated rings. The maximum absolute atomic E-state index is 10.1. The first-order valence-corrected chi connectivity index (χ1v) is 2.37. The second-order valence-electron chi connectivity index (χ2n) is 1.33. The van der Waals surface area contributed by atoms with Crippen LogP contribution in [0.5, 0.6) is 0 Å². The van der Waals surface area contributed by atoms with E-state index >= 15 is 0 Å². The monoisotopic (exact) mass is 112 g/mol. The van der Waals surface area contributed by atoms with E-state index in [-0.39, 0.29) is 12.4 Å². The minimum atomic E-state index is -0.154. The standard InChI is InChI=1S/C6H8O2/c1-6(8)4-2-3-5-7/h7H,3,5H2,1H3. The molecule has 8 heavy (non-hydrogen) atoms. The normalized spacial score (nSPS) is 7.25. The van der Waals surface area contributed by atoms with Crippen LogP contribution in [0, 0.1) is 11.8 Å². The van der Waals surface area contributed by atoms with Crippen molar-refractivity contribution in [1.29, 1.82) is 0 Å². The smallest absolute Gasteiger partial charge is 0.202 e. The van der Waals surface area contributed by atoms with Crippen molar-refractivity contribution in [3.8, 4) is 11.8 Å². The predicted octanol–water partition coefficient (Wildman–Crippen LogP) is -0.0388. The third-order valence-electron chi connectivity index (χ3n) is 0.501. The second-order valence-corrected chi connectivity index (χ2v) is 1.33. The van der Waals surface area contributed by atoms with E-state index in [2.05, 4.69) is 11.8 Å². The van der Waals surface area contributed by atoms with Gasteiger partial charge in [-0.15, -0.1) is 0 Å². The van der Waals surface area contributed by atoms with Gasteiger partial charge in [-0.2, -0.15) is 0 Å². The molecule has 0 aromatic heterocycles. The molecule has 0 saturated heterocycles. The van der Waals surface area contributed by atoms with Crippen LogP contribution < -0.4 is 0 Å². The number of rotatable bonds is 1. The molecule has 2 heteroatoms. The minimum Gasteiger partial charge on any atom is -0.395 e. The van der Waals surface area contributed by atoms with Crippen molar-refractivity contribution >= 4 is 5.78 Å². The van der Waals surface area contributed by atoms with Gasteiger partial charge in [0.15, 0.2) is 0 Å². The molecule has 0 spiro atoms. The van der Waals surface area contributed by atoms with E-state index in [0.29, 0.717) is 6.42 Å². The molecule has 2 nitrogen and oxygen atoms in total. The number of ketones is 1. The Morgan fingerprint density at radius 1 is 1.75 bits per heavy atom. The maximum Gasteiger partial charge on any atom is 0.202 e. The molecule has 0 atom stereocenters. The van der Waals surface area contributed by atoms with E-state index < -0.39 is 0 Å². The summed E-state index contributed by atoms with van der Waals surface area (Å²) in [5.41, 5.74) is 0. The molecule has 0 rings (SSSR count). The summed E-state index contributed by atoms with van der Waals surface area (Å²) in [5.74, 6) is 4.63. The zero-order chi connectivity index (χ0) is 6.41. The molecule has 0 unspecified atom stereocenters. The number of carbonyl (C=O) groups is 1. The first-order chi connectivity index (χ1) is 3.77. The molecule has 44 valence electrons. The van der Waals surface area contributed by atoms with E-state index in [1.165, 1.54) is 6.92 Å². The molecule has 0 saturated carbocycles. The molecule has 0 aromatic rings. The molecule has 0 aliphatic rings. The number of hydrogen-bond acceptors (Lipinski definition) is 2. The van der Waals surface area contributed by atoms with Gasteiger partial charge in [0, 0.05) is 13.3 Å². The Kier molecular flexibility index (Phi) is 3.91. The van der Waals surface area contributed by atoms with Crippen molar-refractivity contribution < 1.29 is 9.90 Å². The fourth-order valence-electron chi connectivity index (χ4n) is 0.243. The Labute approximate surface area is 48.5 Å². The molecule has 1 N–H and O–H groups in total. The van der Waals surface area contributed by atoms with Gasteiger partial charge >= 0.3 is 0 Å². The third-order valence-corrected chi connectivity index (χ3v) is 0.501. The lowest BCUT2D eigenvalue weighted by atomic mass is 10.4. The van der Waals surface area contributed by atoms with Crippen LogP contribution >= 0.6 is 0 Å². The van der Waals surface area contributed by atoms with Crippen LogP contribution in [-0.4, -0.2) is 17.5 Å². The Balaban J connectivity index is 3.35. The van der Waals surface area contributed by atoms with Crippen molar-refractivity contribution in [2.45, 2.75) is 13.3 Å². The number of hydrogen-bond donors (Lipinski definition) is 1. The van der Waals surface area contributed by atoms with Crippen molar-refractivity contribution in [2.75, 3.05) is 6.61 Å². The summed E-state index contributed by atoms with van der Waals surface area (Å²) in [7, 11) is 0. The summed E-state index contributed by atoms with van der Waals surface area (Å²) in [4.78, 5) is 10.1. The van der Waals surface area contributed by atoms with E-state index in [1.54, 1.807) is 0 Å². The summed E-state index contributed by atoms with van der Waals surface area (Å²) in [6.07, 6.45) is 0.388. The molecule has 0 amide bonds. The first-order valence-electron chi connectivity index (χ1n) is 2.37. The van der Waals surface area contributed by atoms with Crippen LogP contribution in [0.3, 0.4) is 0 Å². The molecule has 0 heterocycles. The van der Waals surface area contributed by atoms with Crippen LogP contribution in [0.25, 0.3) is 0 Å². The van der Waals surface area contributed by atoms with Gasteiger partial charge in [-0.3, -0.25) is 4.79 Å². The highest BCUT2D eigenvalue weighted by Gasteiger charge is 1.76. The molecular weight excluding hydrogens is 104 g/mol. The maximum atomic E-state index is 10.1. The summed E-state index contributed by atoms with van der Waals surface area (Å²) in [6, 6.07) is 0. The van der Waals surface area contributed by atoms with Crippen molar-refractivity contribution in [1.82, 2.24) is 0 Å². The van der Waals surface area contributed by atoms with Gasteiger partial charge in [-0.05, 0) is 5.92 Å². The van der Waals surface area contributed by atoms with Crippen LogP contribution in [0.4, 0.5) is 0 Å². The van der Waals surface area contributed by atoms with Gasteiger partial charge in [-0.1, -0.05) is 5.92 Å². The van der Waals surface area contributed by atoms with Gasteiger partial charge in [0.1, 0.15) is 0 Å². The highest BCUT2D eigenvalue weighted by Crippen LogP contribution is 1.69. The van der Waals surface area contributed by atoms with Crippen molar-refractivity contribution in [3.63, 3.8) is 0 Å². The average molecular weight is 112 g/mol. The molecule has 0 radical (unpaired) electrons. The highest BCUT2D eigenvalue weighted by molar-refractivity contribution is 5.93. The zero-order valence-electron chi connectivity index (χ0n) is 4.77. The Morgan fingerprint density at radius 3 is 2.75 bits per heavy atom. The van der Waals surface area contributed by atoms with Gasteiger partial charge in [0.2, 0.25) is 5.78 Å². The van der Waals surface area contributed by atoms with Gasteiger partial charge in [0.25, 0.3) is 0 Å². The lowest BCUT2D eigenvalue weighted by molar-refractivity contribution is -0.111. The Hall–Kier alpha value is -0.810. The lowest BCUT2D eigenvalue weighted by Crippen LogP contribution is -1.82. The summed E-state index contributed by atoms with van der Waals surface area (Å²) in [5, 5.41) is 8.17. The van der Waals surface area contributed by atoms with Gasteiger partial charge in [-0.25, -0.2) is 0 Å². The minimum absolute atomic E-state index is 0.0281. The highest BCUT2D eigenvalue weighted by atomic mass is 16.2. The number of aliphatic hydroxyl groups is 1. The van der Waals surface area contributed by atoms with Crippen molar-refractivity contribution in [3.05, 3.63) is 0 Å². The summed E-state index contributed by atoms with van der Waals surface area (Å²) in [6.45, 7) is 1.42. The number of carbonyl (C=O) groups excluding carboxylic acids is 1. The predicted molar refractivity (Wildman–Crippen MR) is 30.2 cm³/mol. The quantitative estimate of drug-likeness (QED) is 0.382. The van der Waals surface area contributed by atoms with Gasteiger partial charge in [0.05, 0.1) is 6.61 Å². The van der Waals surface area contributed by atoms with E-state index in [0.717, 1.165) is 0 Å². The van der Waals surface area contributed by atoms with Crippen LogP contribution in [0.2, 0.25) is 0 Å². The molecule has 0 aromatic carbocycles. The molecular formula is C6H8O2. The zero-order valence-corrected chi connectivity index (χ0v) is 4.77. The fraction of sp³-hybridized carbons (Fsp3) is 0.500. The second kappa shape index (κ2) is 4.35. The average Bonchev–Trinajstić information content (AvgIpc) is 1.66. The lowest BCUT2D eigenvalue weighted by Gasteiger charge is -1.74. The van der Waals surface area contributed by atoms with E-state index in [4.69, 9.17) is 5.11 Å². The molecule has 0 bridgehead atoms. The van der Waals surface area contributed by atoms with Crippen LogP contribution in [0.15, 0.2) is 0 Å². The largest absolute Gasteiger partial charge is 0.395 e. The summed E-state index contributed by atoms with van der Waals surface area (Å²) < 4.78 is 0. The van der Waals surface area contributed by atoms with Crippen molar-refractivity contribution in [2.24, 2.45) is 0 Å². The Bertz CT molecular complexity index is 127. The Morgan fingerprint density at radius 2 is 2.38 bits per heavy atom. The van der Waals surface area contributed by atoms with Crippen LogP contribution in [0.1, 0.15) is 13.3 Å². The van der Waals surface area contributed by atoms with E-state index in [1.807, 2.05) is 0 Å². The SMILES string of the molecule is CC(=O)C#CCCO. The van der Waals surface area contributed by atoms with Crippen LogP contribution in [-0.2, 0) is 4.79 Å². The number of aliphatic hydroxyl groups excluding tert-OH is 1. The topological polar surface area (TPSA) is 37.3 Å². The van der Waals surface area contributed by atoms with E-state index in [9.17, 15) is 4.79 Å². The third kappa shape index (κ3) is 5.19. The summed E-state index contributed by atoms with van der Waals surface area (Å²) >= 11 is 0. The molecule has 0 aliphatic carbocycles.